The van der Waals surface area contributed by atoms with Crippen molar-refractivity contribution in [1.82, 2.24) is 10.6 Å². The average molecular weight is 557 g/mol. The van der Waals surface area contributed by atoms with E-state index in [1.807, 2.05) is 0 Å². The maximum absolute atomic E-state index is 12.6. The van der Waals surface area contributed by atoms with Gasteiger partial charge in [-0.1, -0.05) is 58.6 Å². The van der Waals surface area contributed by atoms with Crippen molar-refractivity contribution in [2.24, 2.45) is 40.4 Å². The number of fused-ring (bicyclic) bond motifs is 5. The molecule has 7 unspecified atom stereocenters. The summed E-state index contributed by atoms with van der Waals surface area (Å²) in [5.41, 5.74) is 2.37. The van der Waals surface area contributed by atoms with Crippen LogP contribution in [0.5, 0.6) is 0 Å². The summed E-state index contributed by atoms with van der Waals surface area (Å²) in [6.45, 7) is 9.86. The van der Waals surface area contributed by atoms with E-state index in [0.717, 1.165) is 48.9 Å². The molecule has 0 saturated heterocycles. The SMILES string of the molecule is CC(C)CCCCC1CCC2C3CC=C4CC(NC(=O)CNC(=O)CCCCC(=O)O)CCC4(C)C3CCC12C. The quantitative estimate of drug-likeness (QED) is 0.168. The summed E-state index contributed by atoms with van der Waals surface area (Å²) in [5, 5.41) is 14.6. The van der Waals surface area contributed by atoms with Crippen LogP contribution < -0.4 is 10.6 Å². The van der Waals surface area contributed by atoms with Crippen molar-refractivity contribution < 1.29 is 19.5 Å². The zero-order valence-electron chi connectivity index (χ0n) is 25.7. The molecule has 4 rings (SSSR count). The van der Waals surface area contributed by atoms with E-state index >= 15 is 0 Å². The van der Waals surface area contributed by atoms with Gasteiger partial charge in [0.25, 0.3) is 0 Å². The highest BCUT2D eigenvalue weighted by atomic mass is 16.4. The maximum atomic E-state index is 12.6. The van der Waals surface area contributed by atoms with Gasteiger partial charge in [-0.3, -0.25) is 14.4 Å². The third-order valence-corrected chi connectivity index (χ3v) is 11.7. The number of amides is 2. The molecule has 0 aromatic rings. The van der Waals surface area contributed by atoms with Gasteiger partial charge in [-0.2, -0.15) is 0 Å². The van der Waals surface area contributed by atoms with E-state index in [4.69, 9.17) is 5.11 Å². The first-order chi connectivity index (χ1) is 19.0. The Morgan fingerprint density at radius 2 is 1.73 bits per heavy atom. The minimum absolute atomic E-state index is 0.00578. The number of rotatable bonds is 13. The zero-order chi connectivity index (χ0) is 28.9. The van der Waals surface area contributed by atoms with E-state index in [9.17, 15) is 14.4 Å². The van der Waals surface area contributed by atoms with Crippen LogP contribution in [0.3, 0.4) is 0 Å². The normalized spacial score (nSPS) is 34.8. The minimum atomic E-state index is -0.844. The van der Waals surface area contributed by atoms with E-state index in [1.54, 1.807) is 5.57 Å². The summed E-state index contributed by atoms with van der Waals surface area (Å²) in [7, 11) is 0. The summed E-state index contributed by atoms with van der Waals surface area (Å²) in [4.78, 5) is 35.2. The van der Waals surface area contributed by atoms with E-state index in [2.05, 4.69) is 44.4 Å². The molecule has 4 aliphatic rings. The number of unbranched alkanes of at least 4 members (excludes halogenated alkanes) is 2. The van der Waals surface area contributed by atoms with Crippen LogP contribution in [-0.4, -0.2) is 35.5 Å². The van der Waals surface area contributed by atoms with Crippen molar-refractivity contribution in [2.45, 2.75) is 136 Å². The van der Waals surface area contributed by atoms with Crippen molar-refractivity contribution in [3.05, 3.63) is 11.6 Å². The largest absolute Gasteiger partial charge is 0.481 e. The summed E-state index contributed by atoms with van der Waals surface area (Å²) in [6, 6.07) is 0.145. The fraction of sp³-hybridized carbons (Fsp3) is 0.853. The molecular formula is C34H56N2O4. The maximum Gasteiger partial charge on any atom is 0.303 e. The van der Waals surface area contributed by atoms with Gasteiger partial charge >= 0.3 is 5.97 Å². The number of carboxylic acid groups (broad SMARTS) is 1. The second-order valence-corrected chi connectivity index (χ2v) is 14.6. The Morgan fingerprint density at radius 3 is 2.48 bits per heavy atom. The summed E-state index contributed by atoms with van der Waals surface area (Å²) in [5.74, 6) is 3.06. The van der Waals surface area contributed by atoms with Crippen LogP contribution >= 0.6 is 0 Å². The molecule has 40 heavy (non-hydrogen) atoms. The van der Waals surface area contributed by atoms with Crippen LogP contribution in [0, 0.1) is 40.4 Å². The van der Waals surface area contributed by atoms with E-state index in [-0.39, 0.29) is 42.7 Å². The Labute approximate surface area is 242 Å². The van der Waals surface area contributed by atoms with E-state index in [1.165, 1.54) is 57.8 Å². The number of aliphatic carboxylic acids is 1. The number of hydrogen-bond acceptors (Lipinski definition) is 3. The van der Waals surface area contributed by atoms with E-state index in [0.29, 0.717) is 18.3 Å². The van der Waals surface area contributed by atoms with Crippen LogP contribution in [0.1, 0.15) is 130 Å². The highest BCUT2D eigenvalue weighted by Crippen LogP contribution is 2.66. The Hall–Kier alpha value is -1.85. The molecule has 0 aliphatic heterocycles. The lowest BCUT2D eigenvalue weighted by Crippen LogP contribution is -2.52. The molecule has 0 spiro atoms. The van der Waals surface area contributed by atoms with E-state index < -0.39 is 5.97 Å². The fourth-order valence-corrected chi connectivity index (χ4v) is 9.42. The van der Waals surface area contributed by atoms with Gasteiger partial charge in [0.05, 0.1) is 6.54 Å². The van der Waals surface area contributed by atoms with Gasteiger partial charge < -0.3 is 15.7 Å². The molecule has 3 N–H and O–H groups in total. The Balaban J connectivity index is 1.26. The second kappa shape index (κ2) is 13.4. The Morgan fingerprint density at radius 1 is 0.950 bits per heavy atom. The number of carbonyl (C=O) groups is 3. The Bertz CT molecular complexity index is 944. The van der Waals surface area contributed by atoms with Crippen LogP contribution in [0.25, 0.3) is 0 Å². The van der Waals surface area contributed by atoms with Gasteiger partial charge in [0.2, 0.25) is 11.8 Å². The molecule has 0 radical (unpaired) electrons. The minimum Gasteiger partial charge on any atom is -0.481 e. The molecule has 2 amide bonds. The van der Waals surface area contributed by atoms with Crippen LogP contribution in [0.2, 0.25) is 0 Å². The summed E-state index contributed by atoms with van der Waals surface area (Å²) < 4.78 is 0. The highest BCUT2D eigenvalue weighted by molar-refractivity contribution is 5.84. The van der Waals surface area contributed by atoms with Crippen molar-refractivity contribution >= 4 is 17.8 Å². The summed E-state index contributed by atoms with van der Waals surface area (Å²) in [6.07, 6.45) is 19.4. The lowest BCUT2D eigenvalue weighted by atomic mass is 9.47. The number of carboxylic acids is 1. The molecule has 7 atom stereocenters. The molecule has 3 saturated carbocycles. The molecule has 0 heterocycles. The fourth-order valence-electron chi connectivity index (χ4n) is 9.42. The molecule has 6 nitrogen and oxygen atoms in total. The molecule has 0 aromatic heterocycles. The van der Waals surface area contributed by atoms with Gasteiger partial charge in [0.15, 0.2) is 0 Å². The van der Waals surface area contributed by atoms with Crippen LogP contribution in [-0.2, 0) is 14.4 Å². The molecule has 226 valence electrons. The van der Waals surface area contributed by atoms with Crippen molar-refractivity contribution in [3.8, 4) is 0 Å². The molecule has 6 heteroatoms. The van der Waals surface area contributed by atoms with Crippen molar-refractivity contribution in [3.63, 3.8) is 0 Å². The second-order valence-electron chi connectivity index (χ2n) is 14.6. The molecule has 4 aliphatic carbocycles. The lowest BCUT2D eigenvalue weighted by Gasteiger charge is -2.58. The predicted octanol–water partition coefficient (Wildman–Crippen LogP) is 7.03. The van der Waals surface area contributed by atoms with Crippen molar-refractivity contribution in [2.75, 3.05) is 6.54 Å². The predicted molar refractivity (Wildman–Crippen MR) is 160 cm³/mol. The standard InChI is InChI=1S/C34H56N2O4/c1-23(2)9-5-6-10-24-14-16-28-27-15-13-25-21-26(17-19-34(25,4)29(27)18-20-33(24,28)3)36-31(38)22-35-30(37)11-7-8-12-32(39)40/h13,23-24,26-29H,5-12,14-22H2,1-4H3,(H,35,37)(H,36,38)(H,39,40). The number of carbonyl (C=O) groups excluding carboxylic acids is 2. The van der Waals surface area contributed by atoms with Crippen LogP contribution in [0.4, 0.5) is 0 Å². The van der Waals surface area contributed by atoms with Crippen LogP contribution in [0.15, 0.2) is 11.6 Å². The first-order valence-corrected chi connectivity index (χ1v) is 16.5. The molecule has 0 aromatic carbocycles. The smallest absolute Gasteiger partial charge is 0.303 e. The zero-order valence-corrected chi connectivity index (χ0v) is 25.7. The molecule has 3 fully saturated rings. The third kappa shape index (κ3) is 7.13. The van der Waals surface area contributed by atoms with Gasteiger partial charge in [0, 0.05) is 18.9 Å². The monoisotopic (exact) mass is 556 g/mol. The molecular weight excluding hydrogens is 500 g/mol. The number of allylic oxidation sites excluding steroid dienone is 1. The third-order valence-electron chi connectivity index (χ3n) is 11.7. The van der Waals surface area contributed by atoms with Gasteiger partial charge in [-0.05, 0) is 111 Å². The lowest BCUT2D eigenvalue weighted by molar-refractivity contribution is -0.137. The highest BCUT2D eigenvalue weighted by Gasteiger charge is 2.58. The summed E-state index contributed by atoms with van der Waals surface area (Å²) >= 11 is 0. The van der Waals surface area contributed by atoms with Gasteiger partial charge in [-0.25, -0.2) is 0 Å². The Kier molecular flexibility index (Phi) is 10.4. The van der Waals surface area contributed by atoms with Gasteiger partial charge in [0.1, 0.15) is 0 Å². The first kappa shape index (κ1) is 31.1. The number of nitrogens with one attached hydrogen (secondary N) is 2. The van der Waals surface area contributed by atoms with Crippen molar-refractivity contribution in [1.29, 1.82) is 0 Å². The van der Waals surface area contributed by atoms with Gasteiger partial charge in [-0.15, -0.1) is 0 Å². The first-order valence-electron chi connectivity index (χ1n) is 16.5. The number of hydrogen-bond donors (Lipinski definition) is 3. The average Bonchev–Trinajstić information content (AvgIpc) is 3.24. The topological polar surface area (TPSA) is 95.5 Å². The molecule has 0 bridgehead atoms.